The molecule has 0 aromatic heterocycles. The van der Waals surface area contributed by atoms with E-state index >= 15 is 0 Å². The van der Waals surface area contributed by atoms with Crippen LogP contribution < -0.4 is 5.32 Å². The van der Waals surface area contributed by atoms with Gasteiger partial charge in [0.1, 0.15) is 6.04 Å². The number of carbonyl (C=O) groups excluding carboxylic acids is 2. The molecule has 0 bridgehead atoms. The molecule has 1 saturated carbocycles. The van der Waals surface area contributed by atoms with Gasteiger partial charge in [-0.2, -0.15) is 0 Å². The smallest absolute Gasteiger partial charge is 0.243 e. The molecule has 2 aromatic carbocycles. The highest BCUT2D eigenvalue weighted by Gasteiger charge is 2.30. The van der Waals surface area contributed by atoms with Crippen molar-refractivity contribution >= 4 is 23.4 Å². The van der Waals surface area contributed by atoms with Gasteiger partial charge in [-0.05, 0) is 54.4 Å². The van der Waals surface area contributed by atoms with E-state index in [0.717, 1.165) is 36.8 Å². The fraction of sp³-hybridized carbons (Fsp3) is 0.500. The van der Waals surface area contributed by atoms with Crippen LogP contribution in [0.15, 0.2) is 48.5 Å². The van der Waals surface area contributed by atoms with Crippen LogP contribution in [-0.2, 0) is 22.6 Å². The summed E-state index contributed by atoms with van der Waals surface area (Å²) in [5.41, 5.74) is 3.29. The van der Waals surface area contributed by atoms with Crippen LogP contribution in [0, 0.1) is 0 Å². The lowest BCUT2D eigenvalue weighted by Crippen LogP contribution is -2.51. The lowest BCUT2D eigenvalue weighted by atomic mass is 10.00. The van der Waals surface area contributed by atoms with E-state index in [9.17, 15) is 9.59 Å². The van der Waals surface area contributed by atoms with Crippen LogP contribution in [0.4, 0.5) is 0 Å². The summed E-state index contributed by atoms with van der Waals surface area (Å²) in [6, 6.07) is 15.7. The zero-order chi connectivity index (χ0) is 23.8. The first kappa shape index (κ1) is 25.3. The number of nitrogens with one attached hydrogen (secondary N) is 1. The molecule has 1 unspecified atom stereocenters. The molecule has 4 nitrogen and oxygen atoms in total. The lowest BCUT2D eigenvalue weighted by molar-refractivity contribution is -0.141. The summed E-state index contributed by atoms with van der Waals surface area (Å²) in [5, 5.41) is 3.81. The Morgan fingerprint density at radius 1 is 1.06 bits per heavy atom. The predicted octanol–water partition coefficient (Wildman–Crippen LogP) is 6.26. The Labute approximate surface area is 203 Å². The van der Waals surface area contributed by atoms with Crippen LogP contribution >= 0.6 is 11.6 Å². The van der Waals surface area contributed by atoms with Gasteiger partial charge in [0.15, 0.2) is 0 Å². The van der Waals surface area contributed by atoms with E-state index in [2.05, 4.69) is 43.4 Å². The van der Waals surface area contributed by atoms with Crippen molar-refractivity contribution in [2.75, 3.05) is 0 Å². The van der Waals surface area contributed by atoms with Crippen molar-refractivity contribution in [1.82, 2.24) is 10.2 Å². The average Bonchev–Trinajstić information content (AvgIpc) is 3.31. The normalized spacial score (nSPS) is 14.9. The number of rotatable bonds is 10. The van der Waals surface area contributed by atoms with Crippen molar-refractivity contribution in [2.24, 2.45) is 0 Å². The number of hydrogen-bond donors (Lipinski definition) is 1. The van der Waals surface area contributed by atoms with Gasteiger partial charge >= 0.3 is 0 Å². The topological polar surface area (TPSA) is 49.4 Å². The first-order valence-corrected chi connectivity index (χ1v) is 12.7. The summed E-state index contributed by atoms with van der Waals surface area (Å²) < 4.78 is 0. The van der Waals surface area contributed by atoms with Gasteiger partial charge in [0, 0.05) is 24.0 Å². The van der Waals surface area contributed by atoms with Gasteiger partial charge in [-0.25, -0.2) is 0 Å². The molecular weight excluding hydrogens is 432 g/mol. The molecular formula is C28H37ClN2O2. The maximum Gasteiger partial charge on any atom is 0.243 e. The zero-order valence-corrected chi connectivity index (χ0v) is 20.9. The molecule has 3 rings (SSSR count). The van der Waals surface area contributed by atoms with Gasteiger partial charge in [-0.3, -0.25) is 9.59 Å². The molecule has 0 saturated heterocycles. The Kier molecular flexibility index (Phi) is 9.37. The SMILES string of the molecule is CCC(C(=O)NC1CCCC1)N(Cc1ccccc1Cl)C(=O)CCc1ccc(C(C)C)cc1. The van der Waals surface area contributed by atoms with Crippen molar-refractivity contribution in [3.05, 3.63) is 70.2 Å². The van der Waals surface area contributed by atoms with E-state index in [1.54, 1.807) is 4.90 Å². The highest BCUT2D eigenvalue weighted by molar-refractivity contribution is 6.31. The van der Waals surface area contributed by atoms with Crippen LogP contribution in [0.5, 0.6) is 0 Å². The summed E-state index contributed by atoms with van der Waals surface area (Å²) in [4.78, 5) is 28.4. The molecule has 178 valence electrons. The average molecular weight is 469 g/mol. The first-order chi connectivity index (χ1) is 15.9. The highest BCUT2D eigenvalue weighted by Crippen LogP contribution is 2.23. The molecule has 0 radical (unpaired) electrons. The largest absolute Gasteiger partial charge is 0.352 e. The number of aryl methyl sites for hydroxylation is 1. The molecule has 5 heteroatoms. The van der Waals surface area contributed by atoms with Gasteiger partial charge in [-0.1, -0.05) is 87.7 Å². The van der Waals surface area contributed by atoms with Crippen molar-refractivity contribution in [3.8, 4) is 0 Å². The van der Waals surface area contributed by atoms with E-state index < -0.39 is 6.04 Å². The van der Waals surface area contributed by atoms with Crippen molar-refractivity contribution in [2.45, 2.75) is 90.3 Å². The lowest BCUT2D eigenvalue weighted by Gasteiger charge is -2.32. The Hall–Kier alpha value is -2.33. The second-order valence-corrected chi connectivity index (χ2v) is 9.83. The van der Waals surface area contributed by atoms with Gasteiger partial charge < -0.3 is 10.2 Å². The van der Waals surface area contributed by atoms with Crippen LogP contribution in [-0.4, -0.2) is 28.8 Å². The molecule has 2 amide bonds. The van der Waals surface area contributed by atoms with Gasteiger partial charge in [-0.15, -0.1) is 0 Å². The molecule has 1 atom stereocenters. The Bertz CT molecular complexity index is 920. The van der Waals surface area contributed by atoms with E-state index in [1.807, 2.05) is 31.2 Å². The van der Waals surface area contributed by atoms with Gasteiger partial charge in [0.25, 0.3) is 0 Å². The van der Waals surface area contributed by atoms with Gasteiger partial charge in [0.2, 0.25) is 11.8 Å². The molecule has 1 aliphatic carbocycles. The Morgan fingerprint density at radius 2 is 1.73 bits per heavy atom. The fourth-order valence-electron chi connectivity index (χ4n) is 4.56. The van der Waals surface area contributed by atoms with E-state index in [1.165, 1.54) is 5.56 Å². The summed E-state index contributed by atoms with van der Waals surface area (Å²) in [6.07, 6.45) is 5.92. The second kappa shape index (κ2) is 12.2. The molecule has 1 aliphatic rings. The maximum atomic E-state index is 13.5. The van der Waals surface area contributed by atoms with Crippen LogP contribution in [0.2, 0.25) is 5.02 Å². The number of nitrogens with zero attached hydrogens (tertiary/aromatic N) is 1. The second-order valence-electron chi connectivity index (χ2n) is 9.42. The maximum absolute atomic E-state index is 13.5. The Balaban J connectivity index is 1.74. The van der Waals surface area contributed by atoms with Gasteiger partial charge in [0.05, 0.1) is 0 Å². The zero-order valence-electron chi connectivity index (χ0n) is 20.1. The van der Waals surface area contributed by atoms with Crippen LogP contribution in [0.25, 0.3) is 0 Å². The molecule has 0 spiro atoms. The summed E-state index contributed by atoms with van der Waals surface area (Å²) in [5.74, 6) is 0.415. The van der Waals surface area contributed by atoms with E-state index in [0.29, 0.717) is 36.7 Å². The number of benzene rings is 2. The van der Waals surface area contributed by atoms with Crippen molar-refractivity contribution in [3.63, 3.8) is 0 Å². The van der Waals surface area contributed by atoms with Crippen molar-refractivity contribution < 1.29 is 9.59 Å². The number of amides is 2. The minimum Gasteiger partial charge on any atom is -0.352 e. The molecule has 1 N–H and O–H groups in total. The summed E-state index contributed by atoms with van der Waals surface area (Å²) in [6.45, 7) is 6.65. The molecule has 2 aromatic rings. The number of halogens is 1. The molecule has 0 aliphatic heterocycles. The minimum absolute atomic E-state index is 0.0173. The van der Waals surface area contributed by atoms with E-state index in [4.69, 9.17) is 11.6 Å². The standard InChI is InChI=1S/C28H37ClN2O2/c1-4-26(28(33)30-24-10-6-7-11-24)31(19-23-9-5-8-12-25(23)29)27(32)18-15-21-13-16-22(17-14-21)20(2)3/h5,8-9,12-14,16-17,20,24,26H,4,6-7,10-11,15,18-19H2,1-3H3,(H,30,33). The predicted molar refractivity (Wildman–Crippen MR) is 135 cm³/mol. The fourth-order valence-corrected chi connectivity index (χ4v) is 4.76. The number of hydrogen-bond acceptors (Lipinski definition) is 2. The third-order valence-corrected chi connectivity index (χ3v) is 7.03. The summed E-state index contributed by atoms with van der Waals surface area (Å²) in [7, 11) is 0. The monoisotopic (exact) mass is 468 g/mol. The number of carbonyl (C=O) groups is 2. The van der Waals surface area contributed by atoms with E-state index in [-0.39, 0.29) is 17.9 Å². The quantitative estimate of drug-likeness (QED) is 0.447. The highest BCUT2D eigenvalue weighted by atomic mass is 35.5. The third kappa shape index (κ3) is 7.07. The minimum atomic E-state index is -0.502. The molecule has 33 heavy (non-hydrogen) atoms. The van der Waals surface area contributed by atoms with Crippen molar-refractivity contribution in [1.29, 1.82) is 0 Å². The molecule has 0 heterocycles. The molecule has 1 fully saturated rings. The van der Waals surface area contributed by atoms with Crippen LogP contribution in [0.1, 0.15) is 81.9 Å². The first-order valence-electron chi connectivity index (χ1n) is 12.3. The summed E-state index contributed by atoms with van der Waals surface area (Å²) >= 11 is 6.41. The third-order valence-electron chi connectivity index (χ3n) is 6.66. The van der Waals surface area contributed by atoms with Crippen LogP contribution in [0.3, 0.4) is 0 Å². The Morgan fingerprint density at radius 3 is 2.33 bits per heavy atom.